The highest BCUT2D eigenvalue weighted by Crippen LogP contribution is 2.33. The number of hydrogen-bond donors (Lipinski definition) is 1. The van der Waals surface area contributed by atoms with E-state index in [2.05, 4.69) is 10.2 Å². The van der Waals surface area contributed by atoms with Gasteiger partial charge in [-0.3, -0.25) is 9.59 Å². The van der Waals surface area contributed by atoms with Gasteiger partial charge in [-0.2, -0.15) is 0 Å². The van der Waals surface area contributed by atoms with Crippen LogP contribution in [0, 0.1) is 0 Å². The highest BCUT2D eigenvalue weighted by molar-refractivity contribution is 6.15. The van der Waals surface area contributed by atoms with Crippen molar-refractivity contribution >= 4 is 23.4 Å². The van der Waals surface area contributed by atoms with Crippen LogP contribution in [0.15, 0.2) is 12.1 Å². The summed E-state index contributed by atoms with van der Waals surface area (Å²) in [5, 5.41) is 7.84. The maximum atomic E-state index is 13.0. The average molecular weight is 392 g/mol. The van der Waals surface area contributed by atoms with Crippen LogP contribution in [0.2, 0.25) is 0 Å². The van der Waals surface area contributed by atoms with Gasteiger partial charge in [0.2, 0.25) is 18.2 Å². The first-order valence-electron chi connectivity index (χ1n) is 8.14. The molecule has 28 heavy (non-hydrogen) atoms. The second-order valence-corrected chi connectivity index (χ2v) is 5.38. The normalized spacial score (nSPS) is 10.3. The molecular weight excluding hydrogens is 372 g/mol. The molecule has 2 rings (SSSR count). The summed E-state index contributed by atoms with van der Waals surface area (Å²) < 4.78 is 20.0. The Kier molecular flexibility index (Phi) is 6.53. The minimum atomic E-state index is -0.848. The van der Waals surface area contributed by atoms with Crippen molar-refractivity contribution in [1.29, 1.82) is 0 Å². The summed E-state index contributed by atoms with van der Waals surface area (Å²) in [5.41, 5.74) is 5.44. The monoisotopic (exact) mass is 392 g/mol. The van der Waals surface area contributed by atoms with Gasteiger partial charge in [-0.25, -0.2) is 4.79 Å². The molecule has 0 aliphatic heterocycles. The molecule has 0 amide bonds. The number of carbonyl (C=O) groups excluding carboxylic acids is 3. The lowest BCUT2D eigenvalue weighted by Gasteiger charge is -2.11. The Morgan fingerprint density at radius 1 is 1.04 bits per heavy atom. The molecule has 0 aliphatic rings. The largest absolute Gasteiger partial charge is 0.493 e. The van der Waals surface area contributed by atoms with Gasteiger partial charge in [0.05, 0.1) is 26.4 Å². The van der Waals surface area contributed by atoms with E-state index in [9.17, 15) is 14.4 Å². The summed E-state index contributed by atoms with van der Waals surface area (Å²) in [5.74, 6) is -1.51. The Hall–Kier alpha value is -3.63. The first kappa shape index (κ1) is 20.7. The maximum Gasteiger partial charge on any atom is 0.361 e. The second-order valence-electron chi connectivity index (χ2n) is 5.38. The molecule has 1 heterocycles. The molecule has 0 spiro atoms. The number of nitrogen functional groups attached to an aromatic ring is 1. The second kappa shape index (κ2) is 8.84. The summed E-state index contributed by atoms with van der Waals surface area (Å²) in [7, 11) is 2.83. The Labute approximate surface area is 160 Å². The number of ether oxygens (including phenoxy) is 4. The highest BCUT2D eigenvalue weighted by Gasteiger charge is 2.28. The van der Waals surface area contributed by atoms with Gasteiger partial charge in [-0.05, 0) is 13.0 Å². The zero-order chi connectivity index (χ0) is 20.8. The van der Waals surface area contributed by atoms with E-state index in [0.717, 1.165) is 4.80 Å². The summed E-state index contributed by atoms with van der Waals surface area (Å²) in [6.07, 6.45) is 0. The van der Waals surface area contributed by atoms with E-state index >= 15 is 0 Å². The highest BCUT2D eigenvalue weighted by atomic mass is 16.5. The topological polar surface area (TPSA) is 145 Å². The molecule has 0 saturated carbocycles. The van der Waals surface area contributed by atoms with Crippen LogP contribution in [0.25, 0.3) is 0 Å². The van der Waals surface area contributed by atoms with Crippen molar-refractivity contribution in [2.75, 3.05) is 26.6 Å². The van der Waals surface area contributed by atoms with Crippen LogP contribution >= 0.6 is 0 Å². The third-order valence-electron chi connectivity index (χ3n) is 3.52. The van der Waals surface area contributed by atoms with Gasteiger partial charge in [0.1, 0.15) is 0 Å². The number of anilines is 1. The SMILES string of the molecule is CCOC(=O)c1nn(COC(C)=O)nc1C(=O)c1cc(OC)c(OC)cc1N. The van der Waals surface area contributed by atoms with E-state index in [1.54, 1.807) is 6.92 Å². The van der Waals surface area contributed by atoms with Crippen LogP contribution in [-0.4, -0.2) is 53.5 Å². The third-order valence-corrected chi connectivity index (χ3v) is 3.52. The number of benzene rings is 1. The van der Waals surface area contributed by atoms with Crippen LogP contribution in [0.1, 0.15) is 40.4 Å². The summed E-state index contributed by atoms with van der Waals surface area (Å²) >= 11 is 0. The molecule has 0 bridgehead atoms. The standard InChI is InChI=1S/C17H20N4O7/c1-5-27-17(24)15-14(19-21(20-15)8-28-9(2)22)16(23)10-6-12(25-3)13(26-4)7-11(10)18/h6-7H,5,8,18H2,1-4H3. The lowest BCUT2D eigenvalue weighted by molar-refractivity contribution is -0.145. The van der Waals surface area contributed by atoms with E-state index in [1.165, 1.54) is 33.3 Å². The quantitative estimate of drug-likeness (QED) is 0.389. The zero-order valence-corrected chi connectivity index (χ0v) is 15.8. The predicted molar refractivity (Wildman–Crippen MR) is 95.1 cm³/mol. The van der Waals surface area contributed by atoms with Gasteiger partial charge in [0.25, 0.3) is 0 Å². The van der Waals surface area contributed by atoms with Crippen LogP contribution in [-0.2, 0) is 21.0 Å². The fourth-order valence-corrected chi connectivity index (χ4v) is 2.26. The molecule has 0 atom stereocenters. The van der Waals surface area contributed by atoms with Crippen molar-refractivity contribution in [3.8, 4) is 11.5 Å². The molecule has 0 saturated heterocycles. The smallest absolute Gasteiger partial charge is 0.361 e. The lowest BCUT2D eigenvalue weighted by atomic mass is 10.0. The Morgan fingerprint density at radius 2 is 1.64 bits per heavy atom. The zero-order valence-electron chi connectivity index (χ0n) is 15.8. The number of hydrogen-bond acceptors (Lipinski definition) is 10. The number of carbonyl (C=O) groups is 3. The van der Waals surface area contributed by atoms with E-state index in [0.29, 0.717) is 5.75 Å². The van der Waals surface area contributed by atoms with Crippen LogP contribution in [0.4, 0.5) is 5.69 Å². The van der Waals surface area contributed by atoms with Gasteiger partial charge in [-0.1, -0.05) is 0 Å². The number of rotatable bonds is 8. The number of ketones is 1. The first-order chi connectivity index (χ1) is 13.3. The number of aromatic nitrogens is 3. The Balaban J connectivity index is 2.51. The molecule has 0 aliphatic carbocycles. The van der Waals surface area contributed by atoms with Crippen molar-refractivity contribution in [3.05, 3.63) is 29.1 Å². The number of nitrogens with zero attached hydrogens (tertiary/aromatic N) is 3. The van der Waals surface area contributed by atoms with Gasteiger partial charge < -0.3 is 24.7 Å². The van der Waals surface area contributed by atoms with Gasteiger partial charge >= 0.3 is 11.9 Å². The van der Waals surface area contributed by atoms with Gasteiger partial charge in [0.15, 0.2) is 17.2 Å². The molecule has 1 aromatic carbocycles. The summed E-state index contributed by atoms with van der Waals surface area (Å²) in [6.45, 7) is 2.50. The molecule has 0 fully saturated rings. The molecule has 2 aromatic rings. The molecule has 2 N–H and O–H groups in total. The Bertz CT molecular complexity index is 907. The van der Waals surface area contributed by atoms with Crippen molar-refractivity contribution in [2.45, 2.75) is 20.6 Å². The van der Waals surface area contributed by atoms with Crippen molar-refractivity contribution < 1.29 is 33.3 Å². The third kappa shape index (κ3) is 4.37. The Morgan fingerprint density at radius 3 is 2.21 bits per heavy atom. The molecule has 0 radical (unpaired) electrons. The molecule has 11 nitrogen and oxygen atoms in total. The number of methoxy groups -OCH3 is 2. The lowest BCUT2D eigenvalue weighted by Crippen LogP contribution is -2.14. The molecule has 11 heteroatoms. The summed E-state index contributed by atoms with van der Waals surface area (Å²) in [6, 6.07) is 2.79. The van der Waals surface area contributed by atoms with Gasteiger partial charge in [-0.15, -0.1) is 15.0 Å². The number of esters is 2. The van der Waals surface area contributed by atoms with E-state index in [-0.39, 0.29) is 41.7 Å². The van der Waals surface area contributed by atoms with E-state index in [1.807, 2.05) is 0 Å². The average Bonchev–Trinajstić information content (AvgIpc) is 3.10. The van der Waals surface area contributed by atoms with E-state index in [4.69, 9.17) is 24.7 Å². The molecule has 0 unspecified atom stereocenters. The fourth-order valence-electron chi connectivity index (χ4n) is 2.26. The molecule has 1 aromatic heterocycles. The predicted octanol–water partition coefficient (Wildman–Crippen LogP) is 0.806. The van der Waals surface area contributed by atoms with Crippen molar-refractivity contribution in [1.82, 2.24) is 15.0 Å². The van der Waals surface area contributed by atoms with Crippen molar-refractivity contribution in [2.24, 2.45) is 0 Å². The summed E-state index contributed by atoms with van der Waals surface area (Å²) in [4.78, 5) is 37.1. The number of nitrogens with two attached hydrogens (primary N) is 1. The minimum absolute atomic E-state index is 0.0303. The van der Waals surface area contributed by atoms with Crippen LogP contribution in [0.5, 0.6) is 11.5 Å². The minimum Gasteiger partial charge on any atom is -0.493 e. The molecule has 150 valence electrons. The first-order valence-corrected chi connectivity index (χ1v) is 8.14. The van der Waals surface area contributed by atoms with E-state index < -0.39 is 17.7 Å². The van der Waals surface area contributed by atoms with Crippen LogP contribution < -0.4 is 15.2 Å². The fraction of sp³-hybridized carbons (Fsp3) is 0.353. The van der Waals surface area contributed by atoms with Gasteiger partial charge in [0, 0.05) is 18.7 Å². The van der Waals surface area contributed by atoms with Crippen molar-refractivity contribution in [3.63, 3.8) is 0 Å². The van der Waals surface area contributed by atoms with Crippen LogP contribution in [0.3, 0.4) is 0 Å². The molecular formula is C17H20N4O7. The maximum absolute atomic E-state index is 13.0.